The maximum Gasteiger partial charge on any atom is 0.259 e. The Labute approximate surface area is 181 Å². The molecule has 1 aromatic heterocycles. The van der Waals surface area contributed by atoms with Crippen LogP contribution < -0.4 is 9.64 Å². The molecule has 0 fully saturated rings. The number of hydrogen-bond acceptors (Lipinski definition) is 3. The zero-order valence-electron chi connectivity index (χ0n) is 17.4. The fourth-order valence-corrected chi connectivity index (χ4v) is 4.11. The molecule has 0 unspecified atom stereocenters. The number of hydrogen-bond donors (Lipinski definition) is 0. The fourth-order valence-electron chi connectivity index (χ4n) is 4.11. The molecule has 5 rings (SSSR count). The van der Waals surface area contributed by atoms with E-state index in [-0.39, 0.29) is 5.91 Å². The number of rotatable bonds is 4. The average molecular weight is 409 g/mol. The van der Waals surface area contributed by atoms with E-state index < -0.39 is 0 Å². The van der Waals surface area contributed by atoms with E-state index >= 15 is 0 Å². The van der Waals surface area contributed by atoms with Crippen LogP contribution in [-0.2, 0) is 6.54 Å². The summed E-state index contributed by atoms with van der Waals surface area (Å²) in [4.78, 5) is 15.2. The van der Waals surface area contributed by atoms with E-state index in [1.807, 2.05) is 101 Å². The Bertz CT molecular complexity index is 1220. The number of amides is 1. The Hall–Kier alpha value is -3.86. The third-order valence-electron chi connectivity index (χ3n) is 5.50. The van der Waals surface area contributed by atoms with Crippen molar-refractivity contribution >= 4 is 11.7 Å². The normalized spacial score (nSPS) is 13.0. The molecule has 31 heavy (non-hydrogen) atoms. The Morgan fingerprint density at radius 3 is 2.32 bits per heavy atom. The zero-order chi connectivity index (χ0) is 21.2. The van der Waals surface area contributed by atoms with Gasteiger partial charge in [0.15, 0.2) is 0 Å². The van der Waals surface area contributed by atoms with Crippen LogP contribution in [0, 0.1) is 6.92 Å². The van der Waals surface area contributed by atoms with E-state index in [4.69, 9.17) is 9.84 Å². The van der Waals surface area contributed by atoms with Crippen molar-refractivity contribution in [2.45, 2.75) is 19.9 Å². The molecule has 0 saturated heterocycles. The number of benzene rings is 3. The lowest BCUT2D eigenvalue weighted by Crippen LogP contribution is -2.37. The van der Waals surface area contributed by atoms with Crippen LogP contribution in [0.4, 0.5) is 5.82 Å². The number of para-hydroxylation sites is 2. The van der Waals surface area contributed by atoms with Gasteiger partial charge >= 0.3 is 0 Å². The molecule has 0 spiro atoms. The minimum Gasteiger partial charge on any atom is -0.457 e. The molecule has 0 radical (unpaired) electrons. The first kappa shape index (κ1) is 19.1. The van der Waals surface area contributed by atoms with E-state index in [0.717, 1.165) is 47.1 Å². The molecule has 0 aliphatic carbocycles. The Morgan fingerprint density at radius 2 is 1.55 bits per heavy atom. The molecule has 1 aliphatic heterocycles. The van der Waals surface area contributed by atoms with Gasteiger partial charge in [0.25, 0.3) is 5.91 Å². The minimum absolute atomic E-state index is 0.0100. The quantitative estimate of drug-likeness (QED) is 0.434. The smallest absolute Gasteiger partial charge is 0.259 e. The highest BCUT2D eigenvalue weighted by Crippen LogP contribution is 2.42. The lowest BCUT2D eigenvalue weighted by Gasteiger charge is -2.29. The number of nitrogens with zero attached hydrogens (tertiary/aromatic N) is 3. The summed E-state index contributed by atoms with van der Waals surface area (Å²) >= 11 is 0. The predicted molar refractivity (Wildman–Crippen MR) is 122 cm³/mol. The lowest BCUT2D eigenvalue weighted by atomic mass is 10.0. The standard InChI is InChI=1S/C26H23N3O2/c1-19-24(22-15-8-9-16-23(22)31-21-13-6-3-7-14-21)25-28(17-10-18-29(25)27-19)26(30)20-11-4-2-5-12-20/h2-9,11-16H,10,17-18H2,1H3. The van der Waals surface area contributed by atoms with E-state index in [1.165, 1.54) is 0 Å². The highest BCUT2D eigenvalue weighted by atomic mass is 16.5. The van der Waals surface area contributed by atoms with Gasteiger partial charge in [0, 0.05) is 24.2 Å². The van der Waals surface area contributed by atoms with Gasteiger partial charge in [-0.25, -0.2) is 4.68 Å². The van der Waals surface area contributed by atoms with Crippen LogP contribution in [0.25, 0.3) is 11.1 Å². The van der Waals surface area contributed by atoms with Gasteiger partial charge in [0.2, 0.25) is 0 Å². The second-order valence-electron chi connectivity index (χ2n) is 7.59. The van der Waals surface area contributed by atoms with Crippen LogP contribution >= 0.6 is 0 Å². The first-order valence-corrected chi connectivity index (χ1v) is 10.5. The summed E-state index contributed by atoms with van der Waals surface area (Å²) in [7, 11) is 0. The monoisotopic (exact) mass is 409 g/mol. The largest absolute Gasteiger partial charge is 0.457 e. The van der Waals surface area contributed by atoms with E-state index in [2.05, 4.69) is 0 Å². The SMILES string of the molecule is Cc1nn2c(c1-c1ccccc1Oc1ccccc1)N(C(=O)c1ccccc1)CCC2. The number of anilines is 1. The van der Waals surface area contributed by atoms with Crippen molar-refractivity contribution in [2.75, 3.05) is 11.4 Å². The van der Waals surface area contributed by atoms with Crippen molar-refractivity contribution in [1.82, 2.24) is 9.78 Å². The van der Waals surface area contributed by atoms with Crippen molar-refractivity contribution in [3.05, 3.63) is 96.2 Å². The van der Waals surface area contributed by atoms with Crippen molar-refractivity contribution in [2.24, 2.45) is 0 Å². The summed E-state index contributed by atoms with van der Waals surface area (Å²) in [6.07, 6.45) is 0.869. The topological polar surface area (TPSA) is 47.4 Å². The van der Waals surface area contributed by atoms with E-state index in [1.54, 1.807) is 0 Å². The number of fused-ring (bicyclic) bond motifs is 1. The first-order valence-electron chi connectivity index (χ1n) is 10.5. The maximum atomic E-state index is 13.4. The second-order valence-corrected chi connectivity index (χ2v) is 7.59. The highest BCUT2D eigenvalue weighted by molar-refractivity contribution is 6.08. The fraction of sp³-hybridized carbons (Fsp3) is 0.154. The maximum absolute atomic E-state index is 13.4. The molecular weight excluding hydrogens is 386 g/mol. The predicted octanol–water partition coefficient (Wildman–Crippen LogP) is 5.70. The molecule has 0 saturated carbocycles. The van der Waals surface area contributed by atoms with E-state index in [0.29, 0.717) is 12.1 Å². The van der Waals surface area contributed by atoms with Crippen LogP contribution in [0.2, 0.25) is 0 Å². The van der Waals surface area contributed by atoms with Crippen molar-refractivity contribution in [3.8, 4) is 22.6 Å². The molecule has 2 heterocycles. The molecule has 0 N–H and O–H groups in total. The summed E-state index contributed by atoms with van der Waals surface area (Å²) in [5.74, 6) is 2.34. The second kappa shape index (κ2) is 8.11. The van der Waals surface area contributed by atoms with Crippen LogP contribution in [0.1, 0.15) is 22.5 Å². The van der Waals surface area contributed by atoms with Gasteiger partial charge in [-0.1, -0.05) is 54.6 Å². The van der Waals surface area contributed by atoms with Crippen molar-refractivity contribution in [1.29, 1.82) is 0 Å². The number of carbonyl (C=O) groups excluding carboxylic acids is 1. The van der Waals surface area contributed by atoms with Crippen molar-refractivity contribution < 1.29 is 9.53 Å². The number of ether oxygens (including phenoxy) is 1. The van der Waals surface area contributed by atoms with Gasteiger partial charge < -0.3 is 4.74 Å². The Balaban J connectivity index is 1.61. The molecule has 0 atom stereocenters. The van der Waals surface area contributed by atoms with E-state index in [9.17, 15) is 4.79 Å². The summed E-state index contributed by atoms with van der Waals surface area (Å²) in [6.45, 7) is 3.44. The summed E-state index contributed by atoms with van der Waals surface area (Å²) in [6, 6.07) is 27.1. The van der Waals surface area contributed by atoms with Gasteiger partial charge in [-0.3, -0.25) is 9.69 Å². The number of carbonyl (C=O) groups is 1. The Morgan fingerprint density at radius 1 is 0.871 bits per heavy atom. The molecule has 0 bridgehead atoms. The van der Waals surface area contributed by atoms with Crippen LogP contribution in [0.5, 0.6) is 11.5 Å². The first-order chi connectivity index (χ1) is 15.2. The summed E-state index contributed by atoms with van der Waals surface area (Å²) < 4.78 is 8.17. The molecule has 4 aromatic rings. The highest BCUT2D eigenvalue weighted by Gasteiger charge is 2.31. The van der Waals surface area contributed by atoms with Crippen molar-refractivity contribution in [3.63, 3.8) is 0 Å². The van der Waals surface area contributed by atoms with Gasteiger partial charge in [-0.15, -0.1) is 0 Å². The third kappa shape index (κ3) is 3.59. The average Bonchev–Trinajstić information content (AvgIpc) is 3.16. The molecule has 1 aliphatic rings. The third-order valence-corrected chi connectivity index (χ3v) is 5.50. The summed E-state index contributed by atoms with van der Waals surface area (Å²) in [5.41, 5.74) is 3.43. The van der Waals surface area contributed by atoms with Crippen LogP contribution in [0.15, 0.2) is 84.9 Å². The van der Waals surface area contributed by atoms with Gasteiger partial charge in [0.1, 0.15) is 17.3 Å². The van der Waals surface area contributed by atoms with Gasteiger partial charge in [-0.05, 0) is 43.7 Å². The molecule has 1 amide bonds. The molecule has 154 valence electrons. The minimum atomic E-state index is -0.0100. The van der Waals surface area contributed by atoms with Crippen LogP contribution in [0.3, 0.4) is 0 Å². The molecular formula is C26H23N3O2. The molecule has 3 aromatic carbocycles. The van der Waals surface area contributed by atoms with Gasteiger partial charge in [0.05, 0.1) is 11.3 Å². The molecule has 5 heteroatoms. The number of aryl methyl sites for hydroxylation is 2. The van der Waals surface area contributed by atoms with Crippen LogP contribution in [-0.4, -0.2) is 22.2 Å². The molecule has 5 nitrogen and oxygen atoms in total. The van der Waals surface area contributed by atoms with Gasteiger partial charge in [-0.2, -0.15) is 5.10 Å². The zero-order valence-corrected chi connectivity index (χ0v) is 17.4. The lowest BCUT2D eigenvalue weighted by molar-refractivity contribution is 0.0981. The number of aromatic nitrogens is 2. The Kier molecular flexibility index (Phi) is 5.00. The summed E-state index contributed by atoms with van der Waals surface area (Å²) in [5, 5.41) is 4.77.